The average Bonchev–Trinajstić information content (AvgIpc) is 3.34. The van der Waals surface area contributed by atoms with E-state index in [2.05, 4.69) is 10.1 Å². The Kier molecular flexibility index (Phi) is 5.06. The molecule has 0 radical (unpaired) electrons. The van der Waals surface area contributed by atoms with Crippen molar-refractivity contribution >= 4 is 28.8 Å². The largest absolute Gasteiger partial charge is 0.355 e. The molecule has 134 valence electrons. The van der Waals surface area contributed by atoms with Crippen molar-refractivity contribution in [2.75, 3.05) is 26.2 Å². The lowest BCUT2D eigenvalue weighted by Gasteiger charge is -2.34. The van der Waals surface area contributed by atoms with E-state index in [0.717, 1.165) is 36.0 Å². The Balaban J connectivity index is 1.32. The second-order valence-electron chi connectivity index (χ2n) is 6.24. The second kappa shape index (κ2) is 7.61. The standard InChI is InChI=1S/C19H18ClN3O2S/c20-15-5-3-14(4-6-15)19(24)23-9-7-22(8-10-23)13-16-12-17(25-21-16)18-2-1-11-26-18/h1-6,11-12H,7-10,13H2. The molecule has 0 spiro atoms. The molecule has 1 aliphatic heterocycles. The van der Waals surface area contributed by atoms with Crippen molar-refractivity contribution < 1.29 is 9.32 Å². The molecular weight excluding hydrogens is 370 g/mol. The van der Waals surface area contributed by atoms with Crippen LogP contribution in [0.5, 0.6) is 0 Å². The van der Waals surface area contributed by atoms with Gasteiger partial charge in [-0.25, -0.2) is 0 Å². The van der Waals surface area contributed by atoms with E-state index in [-0.39, 0.29) is 5.91 Å². The van der Waals surface area contributed by atoms with E-state index in [1.54, 1.807) is 35.6 Å². The molecule has 1 amide bonds. The normalized spacial score (nSPS) is 15.3. The zero-order valence-corrected chi connectivity index (χ0v) is 15.7. The van der Waals surface area contributed by atoms with Crippen LogP contribution < -0.4 is 0 Å². The van der Waals surface area contributed by atoms with Crippen LogP contribution in [0.25, 0.3) is 10.6 Å². The summed E-state index contributed by atoms with van der Waals surface area (Å²) in [5.74, 6) is 0.870. The molecule has 0 aliphatic carbocycles. The third kappa shape index (κ3) is 3.82. The van der Waals surface area contributed by atoms with Gasteiger partial charge in [0.25, 0.3) is 5.91 Å². The monoisotopic (exact) mass is 387 g/mol. The number of benzene rings is 1. The van der Waals surface area contributed by atoms with Gasteiger partial charge in [-0.1, -0.05) is 22.8 Å². The molecule has 1 fully saturated rings. The van der Waals surface area contributed by atoms with Crippen LogP contribution in [0.15, 0.2) is 52.4 Å². The lowest BCUT2D eigenvalue weighted by molar-refractivity contribution is 0.0625. The van der Waals surface area contributed by atoms with Crippen LogP contribution in [0, 0.1) is 0 Å². The molecule has 4 rings (SSSR count). The SMILES string of the molecule is O=C(c1ccc(Cl)cc1)N1CCN(Cc2cc(-c3cccs3)on2)CC1. The quantitative estimate of drug-likeness (QED) is 0.678. The Labute approximate surface area is 160 Å². The van der Waals surface area contributed by atoms with Crippen molar-refractivity contribution in [3.05, 3.63) is 64.1 Å². The number of piperazine rings is 1. The molecule has 1 aliphatic rings. The summed E-state index contributed by atoms with van der Waals surface area (Å²) < 4.78 is 5.44. The van der Waals surface area contributed by atoms with Gasteiger partial charge in [-0.05, 0) is 35.7 Å². The Hall–Kier alpha value is -2.15. The summed E-state index contributed by atoms with van der Waals surface area (Å²) in [6, 6.07) is 13.1. The molecule has 0 unspecified atom stereocenters. The lowest BCUT2D eigenvalue weighted by Crippen LogP contribution is -2.48. The predicted octanol–water partition coefficient (Wildman–Crippen LogP) is 4.01. The first-order valence-corrected chi connectivity index (χ1v) is 9.71. The van der Waals surface area contributed by atoms with Crippen molar-refractivity contribution in [1.29, 1.82) is 0 Å². The molecule has 1 saturated heterocycles. The average molecular weight is 388 g/mol. The van der Waals surface area contributed by atoms with Gasteiger partial charge in [0, 0.05) is 49.4 Å². The fourth-order valence-corrected chi connectivity index (χ4v) is 3.83. The van der Waals surface area contributed by atoms with E-state index in [0.29, 0.717) is 23.7 Å². The van der Waals surface area contributed by atoms with Crippen LogP contribution in [0.2, 0.25) is 5.02 Å². The first kappa shape index (κ1) is 17.3. The first-order valence-electron chi connectivity index (χ1n) is 8.46. The van der Waals surface area contributed by atoms with E-state index in [4.69, 9.17) is 16.1 Å². The second-order valence-corrected chi connectivity index (χ2v) is 7.62. The van der Waals surface area contributed by atoms with E-state index in [9.17, 15) is 4.79 Å². The summed E-state index contributed by atoms with van der Waals surface area (Å²) in [7, 11) is 0. The fourth-order valence-electron chi connectivity index (χ4n) is 3.03. The molecule has 0 atom stereocenters. The number of nitrogens with zero attached hydrogens (tertiary/aromatic N) is 3. The van der Waals surface area contributed by atoms with Gasteiger partial charge in [0.1, 0.15) is 0 Å². The molecule has 26 heavy (non-hydrogen) atoms. The summed E-state index contributed by atoms with van der Waals surface area (Å²) >= 11 is 7.53. The van der Waals surface area contributed by atoms with Crippen molar-refractivity contribution in [3.63, 3.8) is 0 Å². The van der Waals surface area contributed by atoms with Crippen molar-refractivity contribution in [1.82, 2.24) is 15.0 Å². The minimum Gasteiger partial charge on any atom is -0.355 e. The number of hydrogen-bond donors (Lipinski definition) is 0. The number of amides is 1. The van der Waals surface area contributed by atoms with Crippen LogP contribution in [-0.2, 0) is 6.54 Å². The molecule has 0 bridgehead atoms. The first-order chi connectivity index (χ1) is 12.7. The van der Waals surface area contributed by atoms with Crippen LogP contribution in [0.4, 0.5) is 0 Å². The van der Waals surface area contributed by atoms with Gasteiger partial charge in [-0.3, -0.25) is 9.69 Å². The summed E-state index contributed by atoms with van der Waals surface area (Å²) in [6.07, 6.45) is 0. The van der Waals surface area contributed by atoms with Crippen molar-refractivity contribution in [2.45, 2.75) is 6.54 Å². The van der Waals surface area contributed by atoms with Gasteiger partial charge in [-0.2, -0.15) is 0 Å². The zero-order valence-electron chi connectivity index (χ0n) is 14.1. The minimum absolute atomic E-state index is 0.0581. The van der Waals surface area contributed by atoms with Crippen molar-refractivity contribution in [2.24, 2.45) is 0 Å². The predicted molar refractivity (Wildman–Crippen MR) is 102 cm³/mol. The van der Waals surface area contributed by atoms with Gasteiger partial charge in [0.05, 0.1) is 10.6 Å². The lowest BCUT2D eigenvalue weighted by atomic mass is 10.2. The summed E-state index contributed by atoms with van der Waals surface area (Å²) in [4.78, 5) is 17.8. The molecule has 3 heterocycles. The number of halogens is 1. The third-order valence-electron chi connectivity index (χ3n) is 4.46. The van der Waals surface area contributed by atoms with Gasteiger partial charge in [0.2, 0.25) is 0 Å². The molecule has 7 heteroatoms. The molecular formula is C19H18ClN3O2S. The molecule has 0 N–H and O–H groups in total. The zero-order chi connectivity index (χ0) is 17.9. The summed E-state index contributed by atoms with van der Waals surface area (Å²) in [5, 5.41) is 6.84. The van der Waals surface area contributed by atoms with Crippen LogP contribution in [-0.4, -0.2) is 47.0 Å². The van der Waals surface area contributed by atoms with E-state index in [1.807, 2.05) is 28.5 Å². The Morgan fingerprint density at radius 1 is 1.15 bits per heavy atom. The highest BCUT2D eigenvalue weighted by atomic mass is 35.5. The highest BCUT2D eigenvalue weighted by molar-refractivity contribution is 7.13. The van der Waals surface area contributed by atoms with Gasteiger partial charge < -0.3 is 9.42 Å². The fraction of sp³-hybridized carbons (Fsp3) is 0.263. The molecule has 0 saturated carbocycles. The summed E-state index contributed by atoms with van der Waals surface area (Å²) in [6.45, 7) is 3.78. The van der Waals surface area contributed by atoms with Gasteiger partial charge in [0.15, 0.2) is 5.76 Å². The smallest absolute Gasteiger partial charge is 0.253 e. The maximum atomic E-state index is 12.5. The number of thiophene rings is 1. The van der Waals surface area contributed by atoms with E-state index >= 15 is 0 Å². The third-order valence-corrected chi connectivity index (χ3v) is 5.60. The van der Waals surface area contributed by atoms with E-state index in [1.165, 1.54) is 0 Å². The van der Waals surface area contributed by atoms with Crippen LogP contribution in [0.3, 0.4) is 0 Å². The maximum absolute atomic E-state index is 12.5. The Morgan fingerprint density at radius 3 is 2.62 bits per heavy atom. The van der Waals surface area contributed by atoms with Gasteiger partial charge >= 0.3 is 0 Å². The number of carbonyl (C=O) groups is 1. The Morgan fingerprint density at radius 2 is 1.92 bits per heavy atom. The van der Waals surface area contributed by atoms with Crippen LogP contribution >= 0.6 is 22.9 Å². The highest BCUT2D eigenvalue weighted by Gasteiger charge is 2.23. The van der Waals surface area contributed by atoms with Gasteiger partial charge in [-0.15, -0.1) is 11.3 Å². The number of carbonyl (C=O) groups excluding carboxylic acids is 1. The summed E-state index contributed by atoms with van der Waals surface area (Å²) in [5.41, 5.74) is 1.60. The maximum Gasteiger partial charge on any atom is 0.253 e. The molecule has 3 aromatic rings. The molecule has 2 aromatic heterocycles. The number of rotatable bonds is 4. The molecule has 5 nitrogen and oxygen atoms in total. The topological polar surface area (TPSA) is 49.6 Å². The number of aromatic nitrogens is 1. The highest BCUT2D eigenvalue weighted by Crippen LogP contribution is 2.25. The van der Waals surface area contributed by atoms with Crippen molar-refractivity contribution in [3.8, 4) is 10.6 Å². The Bertz CT molecular complexity index is 869. The van der Waals surface area contributed by atoms with Crippen LogP contribution in [0.1, 0.15) is 16.1 Å². The minimum atomic E-state index is 0.0581. The number of hydrogen-bond acceptors (Lipinski definition) is 5. The van der Waals surface area contributed by atoms with E-state index < -0.39 is 0 Å². The molecule has 1 aromatic carbocycles.